The molecule has 3 N–H and O–H groups in total. The highest BCUT2D eigenvalue weighted by molar-refractivity contribution is 5.94. The summed E-state index contributed by atoms with van der Waals surface area (Å²) in [6, 6.07) is 3.67. The van der Waals surface area contributed by atoms with Gasteiger partial charge in [0.15, 0.2) is 0 Å². The number of urea groups is 1. The van der Waals surface area contributed by atoms with Crippen LogP contribution in [-0.4, -0.2) is 81.1 Å². The normalized spacial score (nSPS) is 15.6. The first-order valence-electron chi connectivity index (χ1n) is 10.1. The predicted molar refractivity (Wildman–Crippen MR) is 108 cm³/mol. The van der Waals surface area contributed by atoms with Crippen molar-refractivity contribution >= 4 is 11.9 Å². The number of benzene rings is 1. The van der Waals surface area contributed by atoms with Gasteiger partial charge in [-0.15, -0.1) is 0 Å². The van der Waals surface area contributed by atoms with E-state index >= 15 is 0 Å². The van der Waals surface area contributed by atoms with Crippen LogP contribution in [0.3, 0.4) is 0 Å². The molecule has 0 saturated carbocycles. The highest BCUT2D eigenvalue weighted by Crippen LogP contribution is 2.29. The van der Waals surface area contributed by atoms with Crippen molar-refractivity contribution < 1.29 is 22.8 Å². The van der Waals surface area contributed by atoms with Crippen LogP contribution in [0.15, 0.2) is 24.3 Å². The Bertz CT molecular complexity index is 674. The Labute approximate surface area is 175 Å². The molecule has 10 heteroatoms. The monoisotopic (exact) mass is 429 g/mol. The van der Waals surface area contributed by atoms with Gasteiger partial charge < -0.3 is 25.8 Å². The molecule has 1 aromatic rings. The molecular formula is C20H30F3N5O2. The molecule has 0 unspecified atom stereocenters. The molecule has 0 spiro atoms. The lowest BCUT2D eigenvalue weighted by Crippen LogP contribution is -2.44. The Morgan fingerprint density at radius 3 is 2.13 bits per heavy atom. The van der Waals surface area contributed by atoms with Crippen molar-refractivity contribution in [2.75, 3.05) is 59.4 Å². The summed E-state index contributed by atoms with van der Waals surface area (Å²) in [5.41, 5.74) is -0.672. The van der Waals surface area contributed by atoms with E-state index in [0.29, 0.717) is 6.54 Å². The first-order chi connectivity index (χ1) is 14.3. The Hall–Kier alpha value is -2.33. The van der Waals surface area contributed by atoms with Crippen molar-refractivity contribution in [3.63, 3.8) is 0 Å². The minimum absolute atomic E-state index is 0.132. The minimum Gasteiger partial charge on any atom is -0.350 e. The van der Waals surface area contributed by atoms with Crippen molar-refractivity contribution in [3.05, 3.63) is 35.4 Å². The summed E-state index contributed by atoms with van der Waals surface area (Å²) < 4.78 is 37.6. The number of hydrogen-bond acceptors (Lipinski definition) is 4. The number of nitrogens with zero attached hydrogens (tertiary/aromatic N) is 2. The summed E-state index contributed by atoms with van der Waals surface area (Å²) in [6.07, 6.45) is -2.52. The summed E-state index contributed by atoms with van der Waals surface area (Å²) in [4.78, 5) is 28.4. The molecule has 2 rings (SSSR count). The fourth-order valence-electron chi connectivity index (χ4n) is 3.06. The average Bonchev–Trinajstić information content (AvgIpc) is 2.71. The fourth-order valence-corrected chi connectivity index (χ4v) is 3.06. The molecule has 1 saturated heterocycles. The van der Waals surface area contributed by atoms with Crippen molar-refractivity contribution in [2.24, 2.45) is 0 Å². The topological polar surface area (TPSA) is 76.7 Å². The van der Waals surface area contributed by atoms with Crippen LogP contribution in [0.4, 0.5) is 18.0 Å². The molecule has 1 aliphatic rings. The summed E-state index contributed by atoms with van der Waals surface area (Å²) >= 11 is 0. The van der Waals surface area contributed by atoms with Crippen molar-refractivity contribution in [2.45, 2.75) is 19.0 Å². The molecule has 30 heavy (non-hydrogen) atoms. The number of alkyl halides is 3. The van der Waals surface area contributed by atoms with E-state index in [-0.39, 0.29) is 24.7 Å². The van der Waals surface area contributed by atoms with E-state index < -0.39 is 17.6 Å². The van der Waals surface area contributed by atoms with Gasteiger partial charge in [0.2, 0.25) is 0 Å². The number of halogens is 3. The van der Waals surface area contributed by atoms with E-state index in [4.69, 9.17) is 0 Å². The van der Waals surface area contributed by atoms with Crippen LogP contribution in [0.25, 0.3) is 0 Å². The summed E-state index contributed by atoms with van der Waals surface area (Å²) in [6.45, 7) is 6.37. The molecule has 168 valence electrons. The van der Waals surface area contributed by atoms with Gasteiger partial charge in [0.25, 0.3) is 5.91 Å². The van der Waals surface area contributed by atoms with Crippen molar-refractivity contribution in [3.8, 4) is 0 Å². The number of likely N-dealkylation sites (N-methyl/N-ethyl adjacent to an activating group) is 1. The van der Waals surface area contributed by atoms with Crippen LogP contribution in [0, 0.1) is 0 Å². The maximum atomic E-state index is 12.5. The molecule has 1 aliphatic heterocycles. The van der Waals surface area contributed by atoms with Gasteiger partial charge in [-0.2, -0.15) is 13.2 Å². The van der Waals surface area contributed by atoms with Crippen LogP contribution in [-0.2, 0) is 6.18 Å². The van der Waals surface area contributed by atoms with Gasteiger partial charge in [-0.05, 0) is 50.7 Å². The molecule has 0 aliphatic carbocycles. The molecule has 1 aromatic carbocycles. The second-order valence-electron chi connectivity index (χ2n) is 7.37. The molecular weight excluding hydrogens is 399 g/mol. The molecule has 0 atom stereocenters. The number of piperazine rings is 1. The lowest BCUT2D eigenvalue weighted by Gasteiger charge is -2.32. The second kappa shape index (κ2) is 11.8. The summed E-state index contributed by atoms with van der Waals surface area (Å²) in [5.74, 6) is -0.491. The lowest BCUT2D eigenvalue weighted by atomic mass is 10.1. The van der Waals surface area contributed by atoms with Gasteiger partial charge >= 0.3 is 12.2 Å². The third kappa shape index (κ3) is 8.58. The predicted octanol–water partition coefficient (Wildman–Crippen LogP) is 1.76. The quantitative estimate of drug-likeness (QED) is 0.523. The zero-order valence-corrected chi connectivity index (χ0v) is 17.2. The number of carbonyl (C=O) groups excluding carboxylic acids is 2. The molecule has 3 amide bonds. The lowest BCUT2D eigenvalue weighted by molar-refractivity contribution is -0.137. The van der Waals surface area contributed by atoms with Crippen molar-refractivity contribution in [1.29, 1.82) is 0 Å². The fraction of sp³-hybridized carbons (Fsp3) is 0.600. The van der Waals surface area contributed by atoms with E-state index in [1.54, 1.807) is 0 Å². The minimum atomic E-state index is -4.43. The smallest absolute Gasteiger partial charge is 0.350 e. The van der Waals surface area contributed by atoms with E-state index in [1.807, 2.05) is 0 Å². The van der Waals surface area contributed by atoms with Gasteiger partial charge in [0, 0.05) is 51.4 Å². The Morgan fingerprint density at radius 2 is 1.50 bits per heavy atom. The van der Waals surface area contributed by atoms with Gasteiger partial charge in [-0.3, -0.25) is 4.79 Å². The first-order valence-corrected chi connectivity index (χ1v) is 10.1. The van der Waals surface area contributed by atoms with Gasteiger partial charge in [0.05, 0.1) is 5.56 Å². The SMILES string of the molecule is CN1CCN(CCCCNC(=O)NCCNC(=O)c2ccc(C(F)(F)F)cc2)CC1. The van der Waals surface area contributed by atoms with E-state index in [0.717, 1.165) is 69.8 Å². The Morgan fingerprint density at radius 1 is 0.900 bits per heavy atom. The van der Waals surface area contributed by atoms with Crippen LogP contribution < -0.4 is 16.0 Å². The zero-order chi connectivity index (χ0) is 22.0. The van der Waals surface area contributed by atoms with Crippen LogP contribution >= 0.6 is 0 Å². The molecule has 0 bridgehead atoms. The molecule has 1 heterocycles. The standard InChI is InChI=1S/C20H30F3N5O2/c1-27-12-14-28(15-13-27)11-3-2-8-25-19(30)26-10-9-24-18(29)16-4-6-17(7-5-16)20(21,22)23/h4-7H,2-3,8-15H2,1H3,(H,24,29)(H2,25,26,30). The Balaban J connectivity index is 1.51. The number of nitrogens with one attached hydrogen (secondary N) is 3. The van der Waals surface area contributed by atoms with E-state index in [1.165, 1.54) is 0 Å². The van der Waals surface area contributed by atoms with Gasteiger partial charge in [-0.25, -0.2) is 4.79 Å². The Kier molecular flexibility index (Phi) is 9.38. The maximum Gasteiger partial charge on any atom is 0.416 e. The molecule has 0 radical (unpaired) electrons. The first kappa shape index (κ1) is 23.9. The zero-order valence-electron chi connectivity index (χ0n) is 17.2. The number of unbranched alkanes of at least 4 members (excludes halogenated alkanes) is 1. The summed E-state index contributed by atoms with van der Waals surface area (Å²) in [5, 5.41) is 7.96. The van der Waals surface area contributed by atoms with Crippen LogP contribution in [0.2, 0.25) is 0 Å². The van der Waals surface area contributed by atoms with Gasteiger partial charge in [-0.1, -0.05) is 0 Å². The molecule has 0 aromatic heterocycles. The number of rotatable bonds is 9. The number of hydrogen-bond donors (Lipinski definition) is 3. The summed E-state index contributed by atoms with van der Waals surface area (Å²) in [7, 11) is 2.13. The third-order valence-corrected chi connectivity index (χ3v) is 4.95. The average molecular weight is 429 g/mol. The van der Waals surface area contributed by atoms with Crippen LogP contribution in [0.5, 0.6) is 0 Å². The van der Waals surface area contributed by atoms with Crippen LogP contribution in [0.1, 0.15) is 28.8 Å². The maximum absolute atomic E-state index is 12.5. The van der Waals surface area contributed by atoms with E-state index in [2.05, 4.69) is 32.8 Å². The highest BCUT2D eigenvalue weighted by atomic mass is 19.4. The van der Waals surface area contributed by atoms with Crippen molar-refractivity contribution in [1.82, 2.24) is 25.8 Å². The number of carbonyl (C=O) groups is 2. The largest absolute Gasteiger partial charge is 0.416 e. The van der Waals surface area contributed by atoms with Gasteiger partial charge in [0.1, 0.15) is 0 Å². The third-order valence-electron chi connectivity index (χ3n) is 4.95. The highest BCUT2D eigenvalue weighted by Gasteiger charge is 2.30. The number of amides is 3. The molecule has 1 fully saturated rings. The van der Waals surface area contributed by atoms with E-state index in [9.17, 15) is 22.8 Å². The molecule has 7 nitrogen and oxygen atoms in total. The second-order valence-corrected chi connectivity index (χ2v) is 7.37.